The smallest absolute Gasteiger partial charge is 0.270 e. The van der Waals surface area contributed by atoms with Gasteiger partial charge in [0.1, 0.15) is 23.3 Å². The van der Waals surface area contributed by atoms with Gasteiger partial charge in [-0.1, -0.05) is 29.5 Å². The third-order valence-electron chi connectivity index (χ3n) is 8.98. The molecule has 1 fully saturated rings. The Hall–Kier alpha value is -6.10. The highest BCUT2D eigenvalue weighted by atomic mass is 19.1. The number of anilines is 1. The number of para-hydroxylation sites is 1. The number of halogens is 1. The minimum atomic E-state index is -0.489. The van der Waals surface area contributed by atoms with E-state index in [0.29, 0.717) is 79.3 Å². The van der Waals surface area contributed by atoms with E-state index in [1.165, 1.54) is 6.20 Å². The second kappa shape index (κ2) is 13.6. The largest absolute Gasteiger partial charge is 0.496 e. The van der Waals surface area contributed by atoms with E-state index < -0.39 is 5.82 Å². The lowest BCUT2D eigenvalue weighted by Crippen LogP contribution is -2.49. The van der Waals surface area contributed by atoms with Crippen LogP contribution in [0.4, 0.5) is 10.2 Å². The summed E-state index contributed by atoms with van der Waals surface area (Å²) in [7, 11) is 1.58. The topological polar surface area (TPSA) is 149 Å². The number of methoxy groups -OCH3 is 1. The summed E-state index contributed by atoms with van der Waals surface area (Å²) in [4.78, 5) is 44.0. The van der Waals surface area contributed by atoms with Gasteiger partial charge in [-0.15, -0.1) is 5.10 Å². The van der Waals surface area contributed by atoms with Gasteiger partial charge in [-0.2, -0.15) is 5.26 Å². The summed E-state index contributed by atoms with van der Waals surface area (Å²) in [6.45, 7) is 3.02. The molecule has 2 aliphatic heterocycles. The van der Waals surface area contributed by atoms with E-state index in [4.69, 9.17) is 4.74 Å². The summed E-state index contributed by atoms with van der Waals surface area (Å²) in [5.74, 6) is 0.403. The molecule has 49 heavy (non-hydrogen) atoms. The van der Waals surface area contributed by atoms with Crippen LogP contribution < -0.4 is 9.64 Å². The lowest BCUT2D eigenvalue weighted by Gasteiger charge is -2.35. The highest BCUT2D eigenvalue weighted by Gasteiger charge is 2.28. The number of aryl methyl sites for hydroxylation is 1. The predicted octanol–water partition coefficient (Wildman–Crippen LogP) is 3.90. The Morgan fingerprint density at radius 2 is 1.88 bits per heavy atom. The molecule has 1 N–H and O–H groups in total. The van der Waals surface area contributed by atoms with Gasteiger partial charge >= 0.3 is 0 Å². The fourth-order valence-corrected chi connectivity index (χ4v) is 6.44. The van der Waals surface area contributed by atoms with Crippen LogP contribution in [-0.4, -0.2) is 97.9 Å². The number of piperazine rings is 1. The number of benzene rings is 2. The van der Waals surface area contributed by atoms with Crippen LogP contribution in [0.25, 0.3) is 27.6 Å². The molecule has 2 amide bonds. The van der Waals surface area contributed by atoms with Crippen molar-refractivity contribution in [3.05, 3.63) is 90.0 Å². The molecule has 1 saturated heterocycles. The Balaban J connectivity index is 1.19. The third kappa shape index (κ3) is 6.30. The predicted molar refractivity (Wildman–Crippen MR) is 179 cm³/mol. The number of aromatic nitrogens is 6. The lowest BCUT2D eigenvalue weighted by atomic mass is 9.93. The normalized spacial score (nSPS) is 14.9. The van der Waals surface area contributed by atoms with E-state index >= 15 is 4.39 Å². The van der Waals surface area contributed by atoms with Gasteiger partial charge in [0, 0.05) is 68.4 Å². The molecule has 5 heterocycles. The molecule has 0 atom stereocenters. The van der Waals surface area contributed by atoms with Gasteiger partial charge in [-0.05, 0) is 35.8 Å². The minimum Gasteiger partial charge on any atom is -0.496 e. The molecular formula is C35H33FN10O3. The number of aromatic amines is 1. The molecule has 2 aliphatic rings. The van der Waals surface area contributed by atoms with Crippen LogP contribution in [-0.2, 0) is 11.3 Å². The van der Waals surface area contributed by atoms with Crippen molar-refractivity contribution in [1.82, 2.24) is 39.7 Å². The molecule has 13 nitrogen and oxygen atoms in total. The number of fused-ring (bicyclic) bond motifs is 1. The number of nitriles is 1. The summed E-state index contributed by atoms with van der Waals surface area (Å²) in [6, 6.07) is 13.0. The molecule has 7 rings (SSSR count). The molecule has 0 bridgehead atoms. The van der Waals surface area contributed by atoms with E-state index in [1.807, 2.05) is 41.3 Å². The molecule has 5 aromatic rings. The number of ether oxygens (including phenoxy) is 1. The van der Waals surface area contributed by atoms with Crippen LogP contribution in [0, 0.1) is 17.1 Å². The van der Waals surface area contributed by atoms with Crippen molar-refractivity contribution in [2.24, 2.45) is 0 Å². The van der Waals surface area contributed by atoms with Crippen molar-refractivity contribution >= 4 is 34.1 Å². The first-order chi connectivity index (χ1) is 23.9. The standard InChI is InChI=1S/C35H33FN10O3/c1-49-30-7-3-2-6-25(30)27-17-26(23-5-4-10-45(22-23)32(47)8-11-46-12-9-39-42-46)33(36)34-28(27)18-29(41-34)35(48)44-15-13-43(14-16-44)31-21-38-20-24(19-37)40-31/h2-3,5-7,9,12,17-18,20-21,41H,4,8,10-11,13-16,22H2,1H3. The zero-order chi connectivity index (χ0) is 33.9. The maximum Gasteiger partial charge on any atom is 0.270 e. The fraction of sp³-hybridized carbons (Fsp3) is 0.286. The number of hydrogen-bond acceptors (Lipinski definition) is 9. The molecule has 0 spiro atoms. The van der Waals surface area contributed by atoms with Crippen LogP contribution in [0.1, 0.15) is 34.6 Å². The zero-order valence-corrected chi connectivity index (χ0v) is 26.8. The van der Waals surface area contributed by atoms with Crippen molar-refractivity contribution in [1.29, 1.82) is 5.26 Å². The molecule has 0 saturated carbocycles. The second-order valence-corrected chi connectivity index (χ2v) is 11.9. The summed E-state index contributed by atoms with van der Waals surface area (Å²) in [5, 5.41) is 17.5. The van der Waals surface area contributed by atoms with E-state index in [1.54, 1.807) is 52.3 Å². The van der Waals surface area contributed by atoms with Crippen molar-refractivity contribution in [3.63, 3.8) is 0 Å². The first-order valence-electron chi connectivity index (χ1n) is 16.0. The van der Waals surface area contributed by atoms with E-state index in [9.17, 15) is 14.9 Å². The first kappa shape index (κ1) is 31.5. The number of nitrogens with zero attached hydrogens (tertiary/aromatic N) is 9. The Morgan fingerprint density at radius 1 is 1.04 bits per heavy atom. The number of nitrogens with one attached hydrogen (secondary N) is 1. The van der Waals surface area contributed by atoms with Crippen molar-refractivity contribution in [2.45, 2.75) is 19.4 Å². The van der Waals surface area contributed by atoms with Gasteiger partial charge in [0.25, 0.3) is 5.91 Å². The Bertz CT molecular complexity index is 2090. The van der Waals surface area contributed by atoms with Crippen LogP contribution >= 0.6 is 0 Å². The van der Waals surface area contributed by atoms with E-state index in [0.717, 1.165) is 5.56 Å². The average Bonchev–Trinajstić information content (AvgIpc) is 3.85. The van der Waals surface area contributed by atoms with E-state index in [-0.39, 0.29) is 41.7 Å². The molecule has 14 heteroatoms. The lowest BCUT2D eigenvalue weighted by molar-refractivity contribution is -0.131. The third-order valence-corrected chi connectivity index (χ3v) is 8.98. The van der Waals surface area contributed by atoms with Crippen molar-refractivity contribution < 1.29 is 18.7 Å². The van der Waals surface area contributed by atoms with Crippen molar-refractivity contribution in [3.8, 4) is 22.9 Å². The molecule has 0 unspecified atom stereocenters. The monoisotopic (exact) mass is 660 g/mol. The van der Waals surface area contributed by atoms with Crippen LogP contribution in [0.5, 0.6) is 5.75 Å². The number of amides is 2. The maximum absolute atomic E-state index is 16.6. The van der Waals surface area contributed by atoms with Crippen LogP contribution in [0.15, 0.2) is 67.3 Å². The summed E-state index contributed by atoms with van der Waals surface area (Å²) in [6.07, 6.45) is 9.10. The van der Waals surface area contributed by atoms with Gasteiger partial charge in [0.2, 0.25) is 5.91 Å². The van der Waals surface area contributed by atoms with Crippen LogP contribution in [0.3, 0.4) is 0 Å². The number of H-pyrrole nitrogens is 1. The average molecular weight is 661 g/mol. The highest BCUT2D eigenvalue weighted by Crippen LogP contribution is 2.40. The van der Waals surface area contributed by atoms with E-state index in [2.05, 4.69) is 25.3 Å². The van der Waals surface area contributed by atoms with Crippen molar-refractivity contribution in [2.75, 3.05) is 51.3 Å². The first-order valence-corrected chi connectivity index (χ1v) is 16.0. The van der Waals surface area contributed by atoms with Gasteiger partial charge < -0.3 is 24.4 Å². The summed E-state index contributed by atoms with van der Waals surface area (Å²) in [5.41, 5.74) is 3.21. The van der Waals surface area contributed by atoms with Gasteiger partial charge in [0.15, 0.2) is 11.5 Å². The SMILES string of the molecule is COc1ccccc1-c1cc(C2=CCCN(C(=O)CCn3ccnn3)C2)c(F)c2[nH]c(C(=O)N3CCN(c4cncc(C#N)n4)CC3)cc12. The molecule has 248 valence electrons. The number of carbonyl (C=O) groups excluding carboxylic acids is 2. The number of rotatable bonds is 8. The molecule has 2 aromatic carbocycles. The van der Waals surface area contributed by atoms with Gasteiger partial charge in [-0.25, -0.2) is 9.37 Å². The molecular weight excluding hydrogens is 627 g/mol. The number of hydrogen-bond donors (Lipinski definition) is 1. The maximum atomic E-state index is 16.6. The molecule has 0 radical (unpaired) electrons. The summed E-state index contributed by atoms with van der Waals surface area (Å²) >= 11 is 0. The van der Waals surface area contributed by atoms with Crippen LogP contribution in [0.2, 0.25) is 0 Å². The van der Waals surface area contributed by atoms with Gasteiger partial charge in [0.05, 0.1) is 37.8 Å². The van der Waals surface area contributed by atoms with Gasteiger partial charge in [-0.3, -0.25) is 19.3 Å². The highest BCUT2D eigenvalue weighted by molar-refractivity contribution is 6.05. The zero-order valence-electron chi connectivity index (χ0n) is 26.8. The number of carbonyl (C=O) groups is 2. The minimum absolute atomic E-state index is 0.0507. The fourth-order valence-electron chi connectivity index (χ4n) is 6.44. The summed E-state index contributed by atoms with van der Waals surface area (Å²) < 4.78 is 23.9. The molecule has 3 aromatic heterocycles. The molecule has 0 aliphatic carbocycles. The quantitative estimate of drug-likeness (QED) is 0.262. The Labute approximate surface area is 281 Å². The Morgan fingerprint density at radius 3 is 2.65 bits per heavy atom. The second-order valence-electron chi connectivity index (χ2n) is 11.9. The Kier molecular flexibility index (Phi) is 8.72.